The van der Waals surface area contributed by atoms with Crippen LogP contribution in [0.15, 0.2) is 18.3 Å². The van der Waals surface area contributed by atoms with Crippen LogP contribution in [0, 0.1) is 5.41 Å². The van der Waals surface area contributed by atoms with Gasteiger partial charge in [0.25, 0.3) is 5.91 Å². The zero-order chi connectivity index (χ0) is 16.6. The number of carbonyl (C=O) groups excluding carboxylic acids is 2. The molecule has 24 heavy (non-hydrogen) atoms. The zero-order valence-electron chi connectivity index (χ0n) is 14.3. The van der Waals surface area contributed by atoms with Gasteiger partial charge in [-0.1, -0.05) is 19.3 Å². The van der Waals surface area contributed by atoms with Gasteiger partial charge in [0, 0.05) is 31.9 Å². The smallest absolute Gasteiger partial charge is 0.270 e. The predicted octanol–water partition coefficient (Wildman–Crippen LogP) is 2.80. The molecule has 130 valence electrons. The van der Waals surface area contributed by atoms with E-state index < -0.39 is 0 Å². The summed E-state index contributed by atoms with van der Waals surface area (Å²) in [7, 11) is 0. The van der Waals surface area contributed by atoms with Crippen LogP contribution in [-0.2, 0) is 4.79 Å². The van der Waals surface area contributed by atoms with E-state index in [0.29, 0.717) is 30.7 Å². The summed E-state index contributed by atoms with van der Waals surface area (Å²) in [6.07, 6.45) is 10.7. The molecular weight excluding hydrogens is 302 g/mol. The monoisotopic (exact) mass is 329 g/mol. The van der Waals surface area contributed by atoms with Crippen LogP contribution in [0.3, 0.4) is 0 Å². The number of amides is 2. The van der Waals surface area contributed by atoms with E-state index >= 15 is 0 Å². The number of piperidine rings is 1. The molecule has 1 saturated carbocycles. The van der Waals surface area contributed by atoms with Gasteiger partial charge in [0.15, 0.2) is 0 Å². The first-order valence-corrected chi connectivity index (χ1v) is 9.43. The van der Waals surface area contributed by atoms with Crippen molar-refractivity contribution in [3.8, 4) is 0 Å². The number of aromatic amines is 1. The van der Waals surface area contributed by atoms with Crippen molar-refractivity contribution in [3.63, 3.8) is 0 Å². The molecule has 1 unspecified atom stereocenters. The van der Waals surface area contributed by atoms with Crippen LogP contribution in [0.4, 0.5) is 0 Å². The Bertz CT molecular complexity index is 606. The fraction of sp³-hybridized carbons (Fsp3) is 0.684. The zero-order valence-corrected chi connectivity index (χ0v) is 14.3. The van der Waals surface area contributed by atoms with Gasteiger partial charge >= 0.3 is 0 Å². The van der Waals surface area contributed by atoms with Gasteiger partial charge in [-0.15, -0.1) is 0 Å². The Kier molecular flexibility index (Phi) is 4.10. The van der Waals surface area contributed by atoms with Crippen LogP contribution in [-0.4, -0.2) is 52.3 Å². The highest BCUT2D eigenvalue weighted by Gasteiger charge is 2.50. The lowest BCUT2D eigenvalue weighted by Gasteiger charge is -2.44. The summed E-state index contributed by atoms with van der Waals surface area (Å²) in [5.41, 5.74) is 0.303. The number of hydrogen-bond donors (Lipinski definition) is 1. The highest BCUT2D eigenvalue weighted by atomic mass is 16.2. The molecule has 0 bridgehead atoms. The number of likely N-dealkylation sites (tertiary alicyclic amines) is 2. The molecule has 0 aromatic carbocycles. The molecule has 3 aliphatic rings. The number of nitrogens with zero attached hydrogens (tertiary/aromatic N) is 2. The first kappa shape index (κ1) is 15.7. The molecule has 1 aliphatic carbocycles. The van der Waals surface area contributed by atoms with E-state index in [9.17, 15) is 9.59 Å². The largest absolute Gasteiger partial charge is 0.357 e. The predicted molar refractivity (Wildman–Crippen MR) is 91.6 cm³/mol. The Labute approximate surface area is 143 Å². The van der Waals surface area contributed by atoms with Crippen LogP contribution in [0.2, 0.25) is 0 Å². The van der Waals surface area contributed by atoms with Crippen molar-refractivity contribution in [1.29, 1.82) is 0 Å². The molecule has 5 heteroatoms. The van der Waals surface area contributed by atoms with Crippen LogP contribution in [0.1, 0.15) is 61.9 Å². The van der Waals surface area contributed by atoms with Gasteiger partial charge in [-0.2, -0.15) is 0 Å². The topological polar surface area (TPSA) is 56.4 Å². The summed E-state index contributed by atoms with van der Waals surface area (Å²) in [5, 5.41) is 0. The van der Waals surface area contributed by atoms with Crippen molar-refractivity contribution in [2.75, 3.05) is 19.6 Å². The molecule has 3 heterocycles. The van der Waals surface area contributed by atoms with E-state index in [4.69, 9.17) is 0 Å². The fourth-order valence-corrected chi connectivity index (χ4v) is 4.90. The number of carbonyl (C=O) groups is 2. The second-order valence-corrected chi connectivity index (χ2v) is 7.73. The van der Waals surface area contributed by atoms with Gasteiger partial charge < -0.3 is 14.8 Å². The van der Waals surface area contributed by atoms with E-state index in [1.807, 2.05) is 17.0 Å². The molecule has 1 spiro atoms. The summed E-state index contributed by atoms with van der Waals surface area (Å²) in [5.74, 6) is 0.349. The maximum Gasteiger partial charge on any atom is 0.270 e. The lowest BCUT2D eigenvalue weighted by Crippen LogP contribution is -2.54. The first-order chi connectivity index (χ1) is 11.7. The Morgan fingerprint density at radius 1 is 1.12 bits per heavy atom. The normalized spacial score (nSPS) is 28.8. The van der Waals surface area contributed by atoms with Crippen LogP contribution in [0.5, 0.6) is 0 Å². The second kappa shape index (κ2) is 6.26. The first-order valence-electron chi connectivity index (χ1n) is 9.43. The van der Waals surface area contributed by atoms with Crippen molar-refractivity contribution in [2.24, 2.45) is 5.41 Å². The minimum atomic E-state index is -0.321. The summed E-state index contributed by atoms with van der Waals surface area (Å²) in [6, 6.07) is 4.09. The van der Waals surface area contributed by atoms with E-state index in [2.05, 4.69) is 9.88 Å². The van der Waals surface area contributed by atoms with E-state index in [-0.39, 0.29) is 11.3 Å². The highest BCUT2D eigenvalue weighted by molar-refractivity contribution is 5.94. The second-order valence-electron chi connectivity index (χ2n) is 7.73. The third-order valence-electron chi connectivity index (χ3n) is 6.25. The van der Waals surface area contributed by atoms with Gasteiger partial charge in [0.1, 0.15) is 5.69 Å². The molecule has 2 aliphatic heterocycles. The molecule has 2 amide bonds. The highest BCUT2D eigenvalue weighted by Crippen LogP contribution is 2.42. The minimum Gasteiger partial charge on any atom is -0.357 e. The molecular formula is C19H27N3O2. The standard InChI is InChI=1S/C19H27N3O2/c23-17(16-8-4-11-20-16)21-13-10-19(14-21)9-5-12-22(18(19)24)15-6-2-1-3-7-15/h4,8,11,15,20H,1-3,5-7,9-10,12-14H2. The molecule has 1 atom stereocenters. The Morgan fingerprint density at radius 2 is 1.96 bits per heavy atom. The molecule has 2 saturated heterocycles. The van der Waals surface area contributed by atoms with E-state index in [1.165, 1.54) is 19.3 Å². The molecule has 4 rings (SSSR count). The average molecular weight is 329 g/mol. The third-order valence-corrected chi connectivity index (χ3v) is 6.25. The molecule has 1 N–H and O–H groups in total. The number of aromatic nitrogens is 1. The van der Waals surface area contributed by atoms with E-state index in [0.717, 1.165) is 38.6 Å². The summed E-state index contributed by atoms with van der Waals surface area (Å²) in [4.78, 5) is 32.9. The van der Waals surface area contributed by atoms with Crippen molar-refractivity contribution < 1.29 is 9.59 Å². The molecule has 5 nitrogen and oxygen atoms in total. The van der Waals surface area contributed by atoms with E-state index in [1.54, 1.807) is 6.20 Å². The maximum atomic E-state index is 13.3. The molecule has 1 aromatic rings. The van der Waals surface area contributed by atoms with Crippen molar-refractivity contribution in [2.45, 2.75) is 57.4 Å². The van der Waals surface area contributed by atoms with Crippen molar-refractivity contribution >= 4 is 11.8 Å². The summed E-state index contributed by atoms with van der Waals surface area (Å²) >= 11 is 0. The van der Waals surface area contributed by atoms with Crippen LogP contribution in [0.25, 0.3) is 0 Å². The molecule has 1 aromatic heterocycles. The quantitative estimate of drug-likeness (QED) is 0.907. The van der Waals surface area contributed by atoms with Crippen LogP contribution < -0.4 is 0 Å². The number of H-pyrrole nitrogens is 1. The SMILES string of the molecule is O=C(c1ccc[nH]1)N1CCC2(CCCN(C3CCCCC3)C2=O)C1. The Balaban J connectivity index is 1.48. The van der Waals surface area contributed by atoms with Gasteiger partial charge in [-0.25, -0.2) is 0 Å². The minimum absolute atomic E-state index is 0.0273. The van der Waals surface area contributed by atoms with Gasteiger partial charge in [-0.3, -0.25) is 9.59 Å². The number of hydrogen-bond acceptors (Lipinski definition) is 2. The van der Waals surface area contributed by atoms with Crippen molar-refractivity contribution in [1.82, 2.24) is 14.8 Å². The fourth-order valence-electron chi connectivity index (χ4n) is 4.90. The lowest BCUT2D eigenvalue weighted by molar-refractivity contribution is -0.149. The Hall–Kier alpha value is -1.78. The van der Waals surface area contributed by atoms with Crippen molar-refractivity contribution in [3.05, 3.63) is 24.0 Å². The average Bonchev–Trinajstić information content (AvgIpc) is 3.29. The van der Waals surface area contributed by atoms with Gasteiger partial charge in [-0.05, 0) is 44.2 Å². The molecule has 3 fully saturated rings. The lowest BCUT2D eigenvalue weighted by atomic mass is 9.77. The third kappa shape index (κ3) is 2.64. The number of nitrogens with one attached hydrogen (secondary N) is 1. The maximum absolute atomic E-state index is 13.3. The van der Waals surface area contributed by atoms with Gasteiger partial charge in [0.05, 0.1) is 5.41 Å². The van der Waals surface area contributed by atoms with Gasteiger partial charge in [0.2, 0.25) is 5.91 Å². The Morgan fingerprint density at radius 3 is 2.71 bits per heavy atom. The summed E-state index contributed by atoms with van der Waals surface area (Å²) < 4.78 is 0. The molecule has 0 radical (unpaired) electrons. The number of rotatable bonds is 2. The van der Waals surface area contributed by atoms with Crippen LogP contribution >= 0.6 is 0 Å². The summed E-state index contributed by atoms with van der Waals surface area (Å²) in [6.45, 7) is 2.20.